The highest BCUT2D eigenvalue weighted by Gasteiger charge is 2.41. The third-order valence-electron chi connectivity index (χ3n) is 4.96. The largest absolute Gasteiger partial charge is 0.403 e. The molecule has 0 spiro atoms. The summed E-state index contributed by atoms with van der Waals surface area (Å²) in [6, 6.07) is -1.38. The van der Waals surface area contributed by atoms with Gasteiger partial charge in [-0.1, -0.05) is 0 Å². The molecule has 2 aliphatic heterocycles. The number of rotatable bonds is 4. The fraction of sp³-hybridized carbons (Fsp3) is 0.938. The number of likely N-dealkylation sites (tertiary alicyclic amines) is 1. The monoisotopic (exact) mass is 349 g/mol. The van der Waals surface area contributed by atoms with Crippen LogP contribution in [-0.2, 0) is 0 Å². The fourth-order valence-electron chi connectivity index (χ4n) is 3.34. The Balaban J connectivity index is 1.88. The van der Waals surface area contributed by atoms with Crippen molar-refractivity contribution in [1.82, 2.24) is 20.0 Å². The van der Waals surface area contributed by atoms with Crippen molar-refractivity contribution in [1.29, 1.82) is 0 Å². The van der Waals surface area contributed by atoms with Crippen LogP contribution in [0.15, 0.2) is 4.99 Å². The molecule has 0 aromatic rings. The van der Waals surface area contributed by atoms with Crippen molar-refractivity contribution >= 4 is 5.96 Å². The van der Waals surface area contributed by atoms with Crippen LogP contribution in [0, 0.1) is 5.92 Å². The van der Waals surface area contributed by atoms with E-state index in [0.29, 0.717) is 32.1 Å². The standard InChI is InChI=1S/C16H30F3N5/c1-4-20-15(21-11-14-5-6-22(3)12-14)24-9-7-23(8-10-24)13(2)16(17,18)19/h13-14H,4-12H2,1-3H3,(H,20,21). The molecule has 2 unspecified atom stereocenters. The van der Waals surface area contributed by atoms with Gasteiger partial charge in [0.25, 0.3) is 0 Å². The van der Waals surface area contributed by atoms with Crippen LogP contribution in [0.2, 0.25) is 0 Å². The van der Waals surface area contributed by atoms with Crippen LogP contribution in [0.5, 0.6) is 0 Å². The second-order valence-electron chi connectivity index (χ2n) is 6.85. The van der Waals surface area contributed by atoms with Gasteiger partial charge < -0.3 is 15.1 Å². The Morgan fingerprint density at radius 3 is 2.38 bits per heavy atom. The van der Waals surface area contributed by atoms with E-state index in [1.54, 1.807) is 0 Å². The number of piperazine rings is 1. The summed E-state index contributed by atoms with van der Waals surface area (Å²) < 4.78 is 38.5. The van der Waals surface area contributed by atoms with Gasteiger partial charge in [-0.15, -0.1) is 0 Å². The predicted octanol–water partition coefficient (Wildman–Crippen LogP) is 1.47. The smallest absolute Gasteiger partial charge is 0.357 e. The van der Waals surface area contributed by atoms with Gasteiger partial charge in [-0.05, 0) is 39.8 Å². The fourth-order valence-corrected chi connectivity index (χ4v) is 3.34. The van der Waals surface area contributed by atoms with E-state index in [2.05, 4.69) is 22.2 Å². The van der Waals surface area contributed by atoms with Crippen LogP contribution in [-0.4, -0.2) is 92.3 Å². The zero-order valence-corrected chi connectivity index (χ0v) is 14.9. The summed E-state index contributed by atoms with van der Waals surface area (Å²) in [6.07, 6.45) is -2.99. The first kappa shape index (κ1) is 19.3. The van der Waals surface area contributed by atoms with Gasteiger partial charge in [0.15, 0.2) is 5.96 Å². The number of guanidine groups is 1. The Hall–Kier alpha value is -1.02. The van der Waals surface area contributed by atoms with Crippen molar-refractivity contribution in [3.8, 4) is 0 Å². The third kappa shape index (κ3) is 5.24. The van der Waals surface area contributed by atoms with E-state index in [0.717, 1.165) is 38.6 Å². The van der Waals surface area contributed by atoms with Gasteiger partial charge in [-0.25, -0.2) is 0 Å². The SMILES string of the molecule is CCNC(=NCC1CCN(C)C1)N1CCN(C(C)C(F)(F)F)CC1. The lowest BCUT2D eigenvalue weighted by molar-refractivity contribution is -0.181. The molecule has 5 nitrogen and oxygen atoms in total. The average Bonchev–Trinajstić information content (AvgIpc) is 2.95. The number of hydrogen-bond acceptors (Lipinski definition) is 3. The molecule has 2 aliphatic rings. The molecule has 1 N–H and O–H groups in total. The van der Waals surface area contributed by atoms with E-state index in [9.17, 15) is 13.2 Å². The van der Waals surface area contributed by atoms with Crippen LogP contribution >= 0.6 is 0 Å². The van der Waals surface area contributed by atoms with Crippen LogP contribution in [0.25, 0.3) is 0 Å². The molecule has 8 heteroatoms. The predicted molar refractivity (Wildman–Crippen MR) is 90.2 cm³/mol. The Bertz CT molecular complexity index is 418. The minimum atomic E-state index is -4.16. The van der Waals surface area contributed by atoms with Gasteiger partial charge in [0.1, 0.15) is 6.04 Å². The van der Waals surface area contributed by atoms with E-state index < -0.39 is 12.2 Å². The number of nitrogens with one attached hydrogen (secondary N) is 1. The van der Waals surface area contributed by atoms with Gasteiger partial charge in [0.05, 0.1) is 0 Å². The summed E-state index contributed by atoms with van der Waals surface area (Å²) in [7, 11) is 2.12. The van der Waals surface area contributed by atoms with Gasteiger partial charge in [-0.3, -0.25) is 9.89 Å². The van der Waals surface area contributed by atoms with Crippen LogP contribution in [0.3, 0.4) is 0 Å². The Morgan fingerprint density at radius 2 is 1.88 bits per heavy atom. The molecule has 0 aliphatic carbocycles. The van der Waals surface area contributed by atoms with Crippen molar-refractivity contribution < 1.29 is 13.2 Å². The minimum Gasteiger partial charge on any atom is -0.357 e. The lowest BCUT2D eigenvalue weighted by Gasteiger charge is -2.39. The second kappa shape index (κ2) is 8.38. The molecular formula is C16H30F3N5. The molecule has 2 rings (SSSR count). The van der Waals surface area contributed by atoms with Crippen LogP contribution < -0.4 is 5.32 Å². The van der Waals surface area contributed by atoms with E-state index in [-0.39, 0.29) is 0 Å². The van der Waals surface area contributed by atoms with E-state index in [4.69, 9.17) is 4.99 Å². The Labute approximate surface area is 142 Å². The summed E-state index contributed by atoms with van der Waals surface area (Å²) in [4.78, 5) is 10.6. The third-order valence-corrected chi connectivity index (χ3v) is 4.96. The number of halogens is 3. The maximum atomic E-state index is 12.8. The van der Waals surface area contributed by atoms with Crippen molar-refractivity contribution in [2.24, 2.45) is 10.9 Å². The van der Waals surface area contributed by atoms with Crippen molar-refractivity contribution in [3.05, 3.63) is 0 Å². The molecule has 24 heavy (non-hydrogen) atoms. The maximum absolute atomic E-state index is 12.8. The summed E-state index contributed by atoms with van der Waals surface area (Å²) >= 11 is 0. The van der Waals surface area contributed by atoms with Crippen LogP contribution in [0.4, 0.5) is 13.2 Å². The molecule has 0 radical (unpaired) electrons. The minimum absolute atomic E-state index is 0.414. The molecule has 2 fully saturated rings. The molecule has 2 atom stereocenters. The van der Waals surface area contributed by atoms with Crippen molar-refractivity contribution in [2.45, 2.75) is 32.5 Å². The highest BCUT2D eigenvalue weighted by Crippen LogP contribution is 2.25. The lowest BCUT2D eigenvalue weighted by atomic mass is 10.1. The van der Waals surface area contributed by atoms with E-state index in [1.807, 2.05) is 6.92 Å². The number of hydrogen-bond donors (Lipinski definition) is 1. The van der Waals surface area contributed by atoms with Gasteiger partial charge in [0, 0.05) is 45.8 Å². The normalized spacial score (nSPS) is 26.0. The molecule has 0 saturated carbocycles. The molecular weight excluding hydrogens is 319 g/mol. The topological polar surface area (TPSA) is 34.1 Å². The van der Waals surface area contributed by atoms with Gasteiger partial charge >= 0.3 is 6.18 Å². The summed E-state index contributed by atoms with van der Waals surface area (Å²) in [5, 5.41) is 3.28. The molecule has 140 valence electrons. The summed E-state index contributed by atoms with van der Waals surface area (Å²) in [5.74, 6) is 1.42. The first-order chi connectivity index (χ1) is 11.3. The zero-order valence-electron chi connectivity index (χ0n) is 14.9. The second-order valence-corrected chi connectivity index (χ2v) is 6.85. The Morgan fingerprint density at radius 1 is 1.21 bits per heavy atom. The lowest BCUT2D eigenvalue weighted by Crippen LogP contribution is -2.56. The molecule has 0 bridgehead atoms. The molecule has 0 aromatic heterocycles. The number of alkyl halides is 3. The average molecular weight is 349 g/mol. The molecule has 0 aromatic carbocycles. The highest BCUT2D eigenvalue weighted by molar-refractivity contribution is 5.80. The molecule has 0 amide bonds. The molecule has 2 saturated heterocycles. The first-order valence-electron chi connectivity index (χ1n) is 8.83. The van der Waals surface area contributed by atoms with Gasteiger partial charge in [-0.2, -0.15) is 13.2 Å². The van der Waals surface area contributed by atoms with Crippen molar-refractivity contribution in [2.75, 3.05) is 59.4 Å². The number of nitrogens with zero attached hydrogens (tertiary/aromatic N) is 4. The summed E-state index contributed by atoms with van der Waals surface area (Å²) in [5.41, 5.74) is 0. The maximum Gasteiger partial charge on any atom is 0.403 e. The van der Waals surface area contributed by atoms with Crippen molar-refractivity contribution in [3.63, 3.8) is 0 Å². The van der Waals surface area contributed by atoms with E-state index in [1.165, 1.54) is 11.8 Å². The highest BCUT2D eigenvalue weighted by atomic mass is 19.4. The summed E-state index contributed by atoms with van der Waals surface area (Å²) in [6.45, 7) is 8.98. The van der Waals surface area contributed by atoms with Gasteiger partial charge in [0.2, 0.25) is 0 Å². The van der Waals surface area contributed by atoms with Crippen LogP contribution in [0.1, 0.15) is 20.3 Å². The zero-order chi connectivity index (χ0) is 17.7. The quantitative estimate of drug-likeness (QED) is 0.616. The molecule has 2 heterocycles. The number of aliphatic imine (C=N–C) groups is 1. The van der Waals surface area contributed by atoms with E-state index >= 15 is 0 Å². The first-order valence-corrected chi connectivity index (χ1v) is 8.83. The Kier molecular flexibility index (Phi) is 6.74.